The first-order chi connectivity index (χ1) is 6.51. The Labute approximate surface area is 90.6 Å². The van der Waals surface area contributed by atoms with Gasteiger partial charge in [-0.2, -0.15) is 0 Å². The van der Waals surface area contributed by atoms with Crippen LogP contribution in [0.4, 0.5) is 11.4 Å². The van der Waals surface area contributed by atoms with Crippen LogP contribution < -0.4 is 10.0 Å². The predicted octanol–water partition coefficient (Wildman–Crippen LogP) is 3.59. The van der Waals surface area contributed by atoms with E-state index in [0.29, 0.717) is 0 Å². The molecule has 0 aliphatic heterocycles. The van der Waals surface area contributed by atoms with Crippen molar-refractivity contribution in [3.63, 3.8) is 0 Å². The molecule has 0 saturated heterocycles. The number of nitrogens with one attached hydrogen (secondary N) is 2. The fourth-order valence-electron chi connectivity index (χ4n) is 1.21. The molecule has 14 heavy (non-hydrogen) atoms. The molecule has 0 atom stereocenters. The van der Waals surface area contributed by atoms with Gasteiger partial charge in [-0.05, 0) is 39.0 Å². The molecule has 0 spiro atoms. The third-order valence-corrected chi connectivity index (χ3v) is 2.04. The Hall–Kier alpha value is -0.830. The molecular formula is C11H18N2S. The van der Waals surface area contributed by atoms with Crippen molar-refractivity contribution in [3.05, 3.63) is 24.3 Å². The van der Waals surface area contributed by atoms with E-state index < -0.39 is 0 Å². The van der Waals surface area contributed by atoms with Crippen molar-refractivity contribution < 1.29 is 0 Å². The molecule has 0 saturated carbocycles. The van der Waals surface area contributed by atoms with Gasteiger partial charge in [0.25, 0.3) is 0 Å². The maximum Gasteiger partial charge on any atom is 0.0460 e. The van der Waals surface area contributed by atoms with E-state index in [9.17, 15) is 0 Å². The SMILES string of the molecule is CSNc1cccc(NC(C)(C)C)c1. The van der Waals surface area contributed by atoms with Crippen LogP contribution in [0.25, 0.3) is 0 Å². The molecule has 2 nitrogen and oxygen atoms in total. The van der Waals surface area contributed by atoms with Gasteiger partial charge in [-0.25, -0.2) is 0 Å². The van der Waals surface area contributed by atoms with Crippen molar-refractivity contribution in [2.75, 3.05) is 16.3 Å². The molecule has 1 rings (SSSR count). The second-order valence-corrected chi connectivity index (χ2v) is 4.87. The molecule has 2 N–H and O–H groups in total. The number of hydrogen-bond acceptors (Lipinski definition) is 3. The van der Waals surface area contributed by atoms with Crippen molar-refractivity contribution in [1.82, 2.24) is 0 Å². The van der Waals surface area contributed by atoms with Crippen LogP contribution in [0, 0.1) is 0 Å². The summed E-state index contributed by atoms with van der Waals surface area (Å²) >= 11 is 1.60. The summed E-state index contributed by atoms with van der Waals surface area (Å²) in [7, 11) is 0. The van der Waals surface area contributed by atoms with Crippen molar-refractivity contribution in [3.8, 4) is 0 Å². The van der Waals surface area contributed by atoms with E-state index in [0.717, 1.165) is 11.4 Å². The van der Waals surface area contributed by atoms with Gasteiger partial charge >= 0.3 is 0 Å². The summed E-state index contributed by atoms with van der Waals surface area (Å²) in [6.07, 6.45) is 2.02. The first kappa shape index (κ1) is 11.2. The summed E-state index contributed by atoms with van der Waals surface area (Å²) in [5.41, 5.74) is 2.39. The molecule has 3 heteroatoms. The van der Waals surface area contributed by atoms with Crippen LogP contribution in [0.1, 0.15) is 20.8 Å². The standard InChI is InChI=1S/C11H18N2S/c1-11(2,3)12-9-6-5-7-10(8-9)13-14-4/h5-8,12-13H,1-4H3. The van der Waals surface area contributed by atoms with Gasteiger partial charge in [0.05, 0.1) is 0 Å². The Morgan fingerprint density at radius 1 is 1.14 bits per heavy atom. The van der Waals surface area contributed by atoms with E-state index in [1.54, 1.807) is 11.9 Å². The number of benzene rings is 1. The maximum atomic E-state index is 3.43. The van der Waals surface area contributed by atoms with Crippen molar-refractivity contribution >= 4 is 23.3 Å². The molecule has 0 fully saturated rings. The molecule has 0 unspecified atom stereocenters. The Morgan fingerprint density at radius 3 is 2.36 bits per heavy atom. The fraction of sp³-hybridized carbons (Fsp3) is 0.455. The third kappa shape index (κ3) is 3.92. The lowest BCUT2D eigenvalue weighted by molar-refractivity contribution is 0.634. The number of rotatable bonds is 3. The molecule has 0 bridgehead atoms. The van der Waals surface area contributed by atoms with Crippen LogP contribution in [-0.2, 0) is 0 Å². The second-order valence-electron chi connectivity index (χ2n) is 4.26. The Bertz CT molecular complexity index is 292. The van der Waals surface area contributed by atoms with E-state index in [1.807, 2.05) is 12.3 Å². The first-order valence-corrected chi connectivity index (χ1v) is 5.91. The molecule has 0 amide bonds. The lowest BCUT2D eigenvalue weighted by atomic mass is 10.1. The highest BCUT2D eigenvalue weighted by atomic mass is 32.2. The van der Waals surface area contributed by atoms with E-state index in [2.05, 4.69) is 49.0 Å². The van der Waals surface area contributed by atoms with Crippen LogP contribution in [0.5, 0.6) is 0 Å². The Balaban J connectivity index is 2.73. The molecule has 0 heterocycles. The molecule has 1 aromatic carbocycles. The van der Waals surface area contributed by atoms with Crippen LogP contribution in [0.2, 0.25) is 0 Å². The van der Waals surface area contributed by atoms with Gasteiger partial charge in [-0.3, -0.25) is 0 Å². The summed E-state index contributed by atoms with van der Waals surface area (Å²) < 4.78 is 3.21. The van der Waals surface area contributed by atoms with Crippen LogP contribution >= 0.6 is 11.9 Å². The maximum absolute atomic E-state index is 3.43. The quantitative estimate of drug-likeness (QED) is 0.746. The van der Waals surface area contributed by atoms with Gasteiger partial charge in [0.1, 0.15) is 0 Å². The topological polar surface area (TPSA) is 24.1 Å². The van der Waals surface area contributed by atoms with E-state index in [4.69, 9.17) is 0 Å². The summed E-state index contributed by atoms with van der Waals surface area (Å²) in [6.45, 7) is 6.46. The monoisotopic (exact) mass is 210 g/mol. The first-order valence-electron chi connectivity index (χ1n) is 4.68. The lowest BCUT2D eigenvalue weighted by Crippen LogP contribution is -2.25. The minimum atomic E-state index is 0.109. The minimum absolute atomic E-state index is 0.109. The average molecular weight is 210 g/mol. The molecule has 0 aliphatic carbocycles. The highest BCUT2D eigenvalue weighted by Crippen LogP contribution is 2.20. The molecule has 0 aliphatic rings. The zero-order chi connectivity index (χ0) is 10.6. The largest absolute Gasteiger partial charge is 0.380 e. The van der Waals surface area contributed by atoms with E-state index in [1.165, 1.54) is 0 Å². The zero-order valence-corrected chi connectivity index (χ0v) is 10.0. The summed E-state index contributed by atoms with van der Waals surface area (Å²) in [6, 6.07) is 8.30. The van der Waals surface area contributed by atoms with Gasteiger partial charge in [0.15, 0.2) is 0 Å². The second kappa shape index (κ2) is 4.60. The van der Waals surface area contributed by atoms with Crippen LogP contribution in [-0.4, -0.2) is 11.8 Å². The predicted molar refractivity (Wildman–Crippen MR) is 67.0 cm³/mol. The molecular weight excluding hydrogens is 192 g/mol. The highest BCUT2D eigenvalue weighted by molar-refractivity contribution is 7.99. The molecule has 1 aromatic rings. The van der Waals surface area contributed by atoms with Crippen LogP contribution in [0.15, 0.2) is 24.3 Å². The normalized spacial score (nSPS) is 11.1. The van der Waals surface area contributed by atoms with Crippen LogP contribution in [0.3, 0.4) is 0 Å². The van der Waals surface area contributed by atoms with Gasteiger partial charge in [-0.15, -0.1) is 0 Å². The number of hydrogen-bond donors (Lipinski definition) is 2. The van der Waals surface area contributed by atoms with Gasteiger partial charge in [-0.1, -0.05) is 18.0 Å². The Kier molecular flexibility index (Phi) is 3.69. The Morgan fingerprint density at radius 2 is 1.79 bits per heavy atom. The summed E-state index contributed by atoms with van der Waals surface area (Å²) in [4.78, 5) is 0. The average Bonchev–Trinajstić information content (AvgIpc) is 2.02. The fourth-order valence-corrected chi connectivity index (χ4v) is 1.57. The smallest absolute Gasteiger partial charge is 0.0460 e. The third-order valence-electron chi connectivity index (χ3n) is 1.60. The van der Waals surface area contributed by atoms with E-state index in [-0.39, 0.29) is 5.54 Å². The molecule has 78 valence electrons. The van der Waals surface area contributed by atoms with E-state index >= 15 is 0 Å². The van der Waals surface area contributed by atoms with Gasteiger partial charge in [0.2, 0.25) is 0 Å². The molecule has 0 radical (unpaired) electrons. The van der Waals surface area contributed by atoms with Crippen molar-refractivity contribution in [1.29, 1.82) is 0 Å². The van der Waals surface area contributed by atoms with Crippen molar-refractivity contribution in [2.24, 2.45) is 0 Å². The number of anilines is 2. The zero-order valence-electron chi connectivity index (χ0n) is 9.22. The van der Waals surface area contributed by atoms with Gasteiger partial charge in [0, 0.05) is 23.2 Å². The summed E-state index contributed by atoms with van der Waals surface area (Å²) in [5.74, 6) is 0. The summed E-state index contributed by atoms with van der Waals surface area (Å²) in [5, 5.41) is 3.43. The lowest BCUT2D eigenvalue weighted by Gasteiger charge is -2.22. The van der Waals surface area contributed by atoms with Gasteiger partial charge < -0.3 is 10.0 Å². The molecule has 0 aromatic heterocycles. The van der Waals surface area contributed by atoms with Crippen molar-refractivity contribution in [2.45, 2.75) is 26.3 Å². The minimum Gasteiger partial charge on any atom is -0.380 e. The highest BCUT2D eigenvalue weighted by Gasteiger charge is 2.08.